The molecule has 0 unspecified atom stereocenters. The molecular weight excluding hydrogens is 248 g/mol. The Kier molecular flexibility index (Phi) is 3.16. The molecule has 3 heterocycles. The molecule has 0 bridgehead atoms. The quantitative estimate of drug-likeness (QED) is 0.878. The molecule has 3 rings (SSSR count). The molecule has 6 nitrogen and oxygen atoms in total. The van der Waals surface area contributed by atoms with Crippen LogP contribution in [0.15, 0.2) is 11.6 Å². The lowest BCUT2D eigenvalue weighted by molar-refractivity contribution is 0.623. The lowest BCUT2D eigenvalue weighted by Crippen LogP contribution is -2.15. The van der Waals surface area contributed by atoms with Crippen molar-refractivity contribution < 1.29 is 0 Å². The summed E-state index contributed by atoms with van der Waals surface area (Å²) in [5.41, 5.74) is 2.74. The lowest BCUT2D eigenvalue weighted by atomic mass is 10.1. The van der Waals surface area contributed by atoms with Gasteiger partial charge in [0, 0.05) is 12.1 Å². The van der Waals surface area contributed by atoms with Gasteiger partial charge in [0.2, 0.25) is 5.13 Å². The molecule has 0 radical (unpaired) electrons. The van der Waals surface area contributed by atoms with Gasteiger partial charge in [-0.1, -0.05) is 11.3 Å². The predicted molar refractivity (Wildman–Crippen MR) is 69.9 cm³/mol. The summed E-state index contributed by atoms with van der Waals surface area (Å²) in [6.45, 7) is 2.97. The van der Waals surface area contributed by atoms with E-state index in [0.717, 1.165) is 35.4 Å². The molecule has 7 heteroatoms. The monoisotopic (exact) mass is 262 g/mol. The molecule has 1 aliphatic heterocycles. The van der Waals surface area contributed by atoms with Crippen molar-refractivity contribution in [1.82, 2.24) is 25.5 Å². The number of hydrogen-bond donors (Lipinski definition) is 2. The Hall–Kier alpha value is -1.60. The van der Waals surface area contributed by atoms with Gasteiger partial charge < -0.3 is 10.6 Å². The number of rotatable bonds is 3. The van der Waals surface area contributed by atoms with Gasteiger partial charge in [0.15, 0.2) is 0 Å². The van der Waals surface area contributed by atoms with Gasteiger partial charge in [-0.15, -0.1) is 10.2 Å². The van der Waals surface area contributed by atoms with Crippen LogP contribution in [0.5, 0.6) is 0 Å². The standard InChI is InChI=1S/C11H14N6S/c1-7-14-9(8-3-2-4-12-8)5-10(15-7)16-11-17-13-6-18-11/h5-6,8,12H,2-4H2,1H3,(H,14,15,16,17)/t8-/m0/s1. The first-order valence-corrected chi connectivity index (χ1v) is 6.81. The van der Waals surface area contributed by atoms with Gasteiger partial charge in [-0.2, -0.15) is 0 Å². The molecule has 1 atom stereocenters. The number of aryl methyl sites for hydroxylation is 1. The fourth-order valence-electron chi connectivity index (χ4n) is 2.11. The van der Waals surface area contributed by atoms with Crippen molar-refractivity contribution in [3.05, 3.63) is 23.1 Å². The Morgan fingerprint density at radius 2 is 2.39 bits per heavy atom. The molecule has 0 amide bonds. The minimum absolute atomic E-state index is 0.349. The Labute approximate surface area is 109 Å². The van der Waals surface area contributed by atoms with Crippen LogP contribution < -0.4 is 10.6 Å². The third-order valence-electron chi connectivity index (χ3n) is 2.87. The van der Waals surface area contributed by atoms with E-state index >= 15 is 0 Å². The summed E-state index contributed by atoms with van der Waals surface area (Å²) < 4.78 is 0. The van der Waals surface area contributed by atoms with Crippen LogP contribution in [-0.4, -0.2) is 26.7 Å². The molecule has 0 aliphatic carbocycles. The maximum atomic E-state index is 4.50. The van der Waals surface area contributed by atoms with Gasteiger partial charge in [0.25, 0.3) is 0 Å². The first kappa shape index (κ1) is 11.5. The van der Waals surface area contributed by atoms with Gasteiger partial charge in [-0.05, 0) is 26.3 Å². The van der Waals surface area contributed by atoms with E-state index < -0.39 is 0 Å². The summed E-state index contributed by atoms with van der Waals surface area (Å²) in [6, 6.07) is 2.33. The highest BCUT2D eigenvalue weighted by atomic mass is 32.1. The maximum Gasteiger partial charge on any atom is 0.210 e. The van der Waals surface area contributed by atoms with E-state index in [2.05, 4.69) is 30.8 Å². The largest absolute Gasteiger partial charge is 0.315 e. The van der Waals surface area contributed by atoms with Crippen molar-refractivity contribution in [3.8, 4) is 0 Å². The Morgan fingerprint density at radius 1 is 1.44 bits per heavy atom. The van der Waals surface area contributed by atoms with Crippen LogP contribution in [0, 0.1) is 6.92 Å². The first-order valence-electron chi connectivity index (χ1n) is 5.93. The van der Waals surface area contributed by atoms with Crippen LogP contribution >= 0.6 is 11.3 Å². The zero-order valence-corrected chi connectivity index (χ0v) is 10.9. The highest BCUT2D eigenvalue weighted by Crippen LogP contribution is 2.24. The highest BCUT2D eigenvalue weighted by molar-refractivity contribution is 7.13. The molecule has 2 aromatic heterocycles. The molecular formula is C11H14N6S. The zero-order chi connectivity index (χ0) is 12.4. The highest BCUT2D eigenvalue weighted by Gasteiger charge is 2.18. The van der Waals surface area contributed by atoms with Crippen LogP contribution in [0.4, 0.5) is 10.9 Å². The van der Waals surface area contributed by atoms with Gasteiger partial charge >= 0.3 is 0 Å². The summed E-state index contributed by atoms with van der Waals surface area (Å²) >= 11 is 1.45. The minimum atomic E-state index is 0.349. The Bertz CT molecular complexity index is 520. The third kappa shape index (κ3) is 2.46. The molecule has 2 N–H and O–H groups in total. The van der Waals surface area contributed by atoms with Crippen LogP contribution in [0.1, 0.15) is 30.4 Å². The third-order valence-corrected chi connectivity index (χ3v) is 3.48. The van der Waals surface area contributed by atoms with Gasteiger partial charge in [0.1, 0.15) is 17.2 Å². The molecule has 0 aromatic carbocycles. The van der Waals surface area contributed by atoms with Crippen molar-refractivity contribution >= 4 is 22.3 Å². The van der Waals surface area contributed by atoms with E-state index in [0.29, 0.717) is 6.04 Å². The Balaban J connectivity index is 1.85. The number of nitrogens with one attached hydrogen (secondary N) is 2. The normalized spacial score (nSPS) is 19.1. The zero-order valence-electron chi connectivity index (χ0n) is 10.1. The van der Waals surface area contributed by atoms with Crippen molar-refractivity contribution in [1.29, 1.82) is 0 Å². The van der Waals surface area contributed by atoms with Crippen molar-refractivity contribution in [2.24, 2.45) is 0 Å². The summed E-state index contributed by atoms with van der Waals surface area (Å²) in [4.78, 5) is 8.87. The van der Waals surface area contributed by atoms with E-state index in [-0.39, 0.29) is 0 Å². The van der Waals surface area contributed by atoms with Crippen molar-refractivity contribution in [2.75, 3.05) is 11.9 Å². The second-order valence-electron chi connectivity index (χ2n) is 4.24. The van der Waals surface area contributed by atoms with E-state index in [1.54, 1.807) is 5.51 Å². The molecule has 1 fully saturated rings. The molecule has 1 saturated heterocycles. The SMILES string of the molecule is Cc1nc(Nc2nncs2)cc([C@@H]2CCCN2)n1. The summed E-state index contributed by atoms with van der Waals surface area (Å²) in [5, 5.41) is 15.1. The average Bonchev–Trinajstić information content (AvgIpc) is 3.00. The molecule has 2 aromatic rings. The molecule has 94 valence electrons. The minimum Gasteiger partial charge on any atom is -0.315 e. The number of nitrogens with zero attached hydrogens (tertiary/aromatic N) is 4. The Morgan fingerprint density at radius 3 is 3.11 bits per heavy atom. The second-order valence-corrected chi connectivity index (χ2v) is 5.08. The van der Waals surface area contributed by atoms with Crippen LogP contribution in [0.3, 0.4) is 0 Å². The summed E-state index contributed by atoms with van der Waals surface area (Å²) in [5.74, 6) is 1.55. The number of hydrogen-bond acceptors (Lipinski definition) is 7. The van der Waals surface area contributed by atoms with Crippen LogP contribution in [-0.2, 0) is 0 Å². The van der Waals surface area contributed by atoms with E-state index in [4.69, 9.17) is 0 Å². The van der Waals surface area contributed by atoms with E-state index in [1.165, 1.54) is 17.8 Å². The summed E-state index contributed by atoms with van der Waals surface area (Å²) in [7, 11) is 0. The van der Waals surface area contributed by atoms with E-state index in [1.807, 2.05) is 13.0 Å². The fourth-order valence-corrected chi connectivity index (χ4v) is 2.56. The maximum absolute atomic E-state index is 4.50. The lowest BCUT2D eigenvalue weighted by Gasteiger charge is -2.11. The second kappa shape index (κ2) is 4.95. The average molecular weight is 262 g/mol. The van der Waals surface area contributed by atoms with Crippen molar-refractivity contribution in [3.63, 3.8) is 0 Å². The molecule has 1 aliphatic rings. The summed E-state index contributed by atoms with van der Waals surface area (Å²) in [6.07, 6.45) is 2.33. The number of aromatic nitrogens is 4. The first-order chi connectivity index (χ1) is 8.81. The van der Waals surface area contributed by atoms with Gasteiger partial charge in [-0.3, -0.25) is 0 Å². The number of anilines is 2. The van der Waals surface area contributed by atoms with Gasteiger partial charge in [0.05, 0.1) is 5.69 Å². The molecule has 0 saturated carbocycles. The molecule has 18 heavy (non-hydrogen) atoms. The fraction of sp³-hybridized carbons (Fsp3) is 0.455. The smallest absolute Gasteiger partial charge is 0.210 e. The predicted octanol–water partition coefficient (Wildman–Crippen LogP) is 1.80. The molecule has 0 spiro atoms. The van der Waals surface area contributed by atoms with Crippen molar-refractivity contribution in [2.45, 2.75) is 25.8 Å². The van der Waals surface area contributed by atoms with Crippen LogP contribution in [0.25, 0.3) is 0 Å². The van der Waals surface area contributed by atoms with Crippen LogP contribution in [0.2, 0.25) is 0 Å². The van der Waals surface area contributed by atoms with Gasteiger partial charge in [-0.25, -0.2) is 9.97 Å². The topological polar surface area (TPSA) is 75.6 Å². The van der Waals surface area contributed by atoms with E-state index in [9.17, 15) is 0 Å².